The first-order chi connectivity index (χ1) is 18.3. The molecule has 38 heavy (non-hydrogen) atoms. The summed E-state index contributed by atoms with van der Waals surface area (Å²) in [7, 11) is 4.10. The topological polar surface area (TPSA) is 108 Å². The maximum absolute atomic E-state index is 12.7. The summed E-state index contributed by atoms with van der Waals surface area (Å²) in [6, 6.07) is 13.8. The van der Waals surface area contributed by atoms with Gasteiger partial charge in [-0.15, -0.1) is 0 Å². The highest BCUT2D eigenvalue weighted by Gasteiger charge is 2.28. The molecule has 1 N–H and O–H groups in total. The zero-order valence-electron chi connectivity index (χ0n) is 22.2. The van der Waals surface area contributed by atoms with Gasteiger partial charge in [0.2, 0.25) is 5.82 Å². The second kappa shape index (κ2) is 10.7. The first-order valence-electron chi connectivity index (χ1n) is 12.9. The second-order valence-electron chi connectivity index (χ2n) is 10.2. The number of nitrogens with zero attached hydrogens (tertiary/aromatic N) is 5. The molecule has 9 nitrogen and oxygen atoms in total. The van der Waals surface area contributed by atoms with Gasteiger partial charge in [0.25, 0.3) is 5.89 Å². The van der Waals surface area contributed by atoms with E-state index in [9.17, 15) is 10.1 Å². The second-order valence-corrected chi connectivity index (χ2v) is 10.2. The standard InChI is InChI=1S/C29H32N6O3/c1-18(2)37-26-11-9-19(14-21(26)15-30)28-32-27(33-38-28)25-7-5-6-23-20(8-10-24(23)25)16-31-29(36)35-13-12-22(17-35)34(3)4/h5-7,9,11,14,16,18,22H,8,10,12-13,17H2,1-4H3,(H,31,36)/b20-16+/t22-/m1/s1. The lowest BCUT2D eigenvalue weighted by atomic mass is 10.0. The number of hydrogen-bond donors (Lipinski definition) is 1. The molecule has 1 aromatic heterocycles. The first kappa shape index (κ1) is 25.5. The number of likely N-dealkylation sites (N-methyl/N-ethyl adjacent to an activating group) is 1. The number of fused-ring (bicyclic) bond motifs is 1. The molecule has 9 heteroatoms. The number of carbonyl (C=O) groups is 1. The molecule has 0 saturated carbocycles. The number of allylic oxidation sites excluding steroid dienone is 1. The normalized spacial score (nSPS) is 17.8. The number of aromatic nitrogens is 2. The molecular formula is C29H32N6O3. The zero-order chi connectivity index (χ0) is 26.8. The van der Waals surface area contributed by atoms with Gasteiger partial charge in [0.15, 0.2) is 0 Å². The molecule has 0 spiro atoms. The summed E-state index contributed by atoms with van der Waals surface area (Å²) in [4.78, 5) is 21.4. The van der Waals surface area contributed by atoms with Crippen LogP contribution in [0.2, 0.25) is 0 Å². The molecule has 3 aromatic rings. The number of benzene rings is 2. The van der Waals surface area contributed by atoms with Crippen molar-refractivity contribution >= 4 is 11.6 Å². The fourth-order valence-corrected chi connectivity index (χ4v) is 5.06. The maximum Gasteiger partial charge on any atom is 0.321 e. The quantitative estimate of drug-likeness (QED) is 0.510. The molecule has 196 valence electrons. The van der Waals surface area contributed by atoms with Crippen LogP contribution in [0.4, 0.5) is 4.79 Å². The van der Waals surface area contributed by atoms with Gasteiger partial charge in [-0.05, 0) is 82.1 Å². The van der Waals surface area contributed by atoms with E-state index in [2.05, 4.69) is 46.6 Å². The molecule has 2 aliphatic rings. The van der Waals surface area contributed by atoms with E-state index in [1.165, 1.54) is 0 Å². The SMILES string of the molecule is CC(C)Oc1ccc(-c2nc(-c3cccc4c3CC/C4=C\NC(=O)N3CC[C@@H](N(C)C)C3)no2)cc1C#N. The first-order valence-corrected chi connectivity index (χ1v) is 12.9. The third-order valence-electron chi connectivity index (χ3n) is 7.09. The average molecular weight is 513 g/mol. The Labute approximate surface area is 222 Å². The lowest BCUT2D eigenvalue weighted by Crippen LogP contribution is -2.38. The van der Waals surface area contributed by atoms with E-state index in [1.54, 1.807) is 12.1 Å². The molecule has 0 bridgehead atoms. The van der Waals surface area contributed by atoms with Crippen molar-refractivity contribution < 1.29 is 14.1 Å². The number of urea groups is 1. The minimum Gasteiger partial charge on any atom is -0.490 e. The molecule has 1 aliphatic heterocycles. The van der Waals surface area contributed by atoms with Crippen LogP contribution in [0.25, 0.3) is 28.4 Å². The van der Waals surface area contributed by atoms with Crippen molar-refractivity contribution in [2.24, 2.45) is 0 Å². The van der Waals surface area contributed by atoms with Crippen LogP contribution in [0, 0.1) is 11.3 Å². The summed E-state index contributed by atoms with van der Waals surface area (Å²) in [5.74, 6) is 1.36. The molecule has 1 atom stereocenters. The Morgan fingerprint density at radius 3 is 2.82 bits per heavy atom. The number of hydrogen-bond acceptors (Lipinski definition) is 7. The Hall–Kier alpha value is -4.16. The molecule has 2 aromatic carbocycles. The number of likely N-dealkylation sites (tertiary alicyclic amines) is 1. The van der Waals surface area contributed by atoms with Gasteiger partial charge in [0, 0.05) is 36.5 Å². The molecular weight excluding hydrogens is 480 g/mol. The van der Waals surface area contributed by atoms with Gasteiger partial charge in [-0.25, -0.2) is 4.79 Å². The predicted octanol–water partition coefficient (Wildman–Crippen LogP) is 4.70. The van der Waals surface area contributed by atoms with Crippen molar-refractivity contribution in [3.8, 4) is 34.7 Å². The number of nitrogens with one attached hydrogen (secondary N) is 1. The largest absolute Gasteiger partial charge is 0.490 e. The van der Waals surface area contributed by atoms with Gasteiger partial charge < -0.3 is 24.4 Å². The summed E-state index contributed by atoms with van der Waals surface area (Å²) in [5.41, 5.74) is 5.28. The van der Waals surface area contributed by atoms with Crippen LogP contribution in [0.15, 0.2) is 47.1 Å². The minimum atomic E-state index is -0.0594. The fourth-order valence-electron chi connectivity index (χ4n) is 5.06. The summed E-state index contributed by atoms with van der Waals surface area (Å²) in [6.45, 7) is 5.34. The Bertz CT molecular complexity index is 1420. The van der Waals surface area contributed by atoms with E-state index in [0.29, 0.717) is 34.6 Å². The van der Waals surface area contributed by atoms with Gasteiger partial charge in [-0.1, -0.05) is 23.4 Å². The van der Waals surface area contributed by atoms with Crippen LogP contribution >= 0.6 is 0 Å². The molecule has 1 fully saturated rings. The highest BCUT2D eigenvalue weighted by Crippen LogP contribution is 2.38. The van der Waals surface area contributed by atoms with Gasteiger partial charge in [-0.3, -0.25) is 0 Å². The Balaban J connectivity index is 1.34. The average Bonchev–Trinajstić information content (AvgIpc) is 3.67. The zero-order valence-corrected chi connectivity index (χ0v) is 22.2. The third kappa shape index (κ3) is 5.13. The van der Waals surface area contributed by atoms with Crippen LogP contribution in [-0.4, -0.2) is 65.3 Å². The number of nitriles is 1. The van der Waals surface area contributed by atoms with Crippen LogP contribution in [-0.2, 0) is 6.42 Å². The van der Waals surface area contributed by atoms with Gasteiger partial charge >= 0.3 is 6.03 Å². The number of ether oxygens (including phenoxy) is 1. The molecule has 1 aliphatic carbocycles. The Morgan fingerprint density at radius 2 is 2.08 bits per heavy atom. The molecule has 1 saturated heterocycles. The molecule has 0 unspecified atom stereocenters. The van der Waals surface area contributed by atoms with Crippen molar-refractivity contribution in [2.75, 3.05) is 27.2 Å². The van der Waals surface area contributed by atoms with E-state index in [-0.39, 0.29) is 12.1 Å². The highest BCUT2D eigenvalue weighted by atomic mass is 16.5. The van der Waals surface area contributed by atoms with Crippen LogP contribution in [0.1, 0.15) is 43.4 Å². The van der Waals surface area contributed by atoms with E-state index < -0.39 is 0 Å². The van der Waals surface area contributed by atoms with Crippen molar-refractivity contribution in [1.82, 2.24) is 25.3 Å². The summed E-state index contributed by atoms with van der Waals surface area (Å²) in [5, 5.41) is 16.8. The van der Waals surface area contributed by atoms with E-state index in [0.717, 1.165) is 54.6 Å². The van der Waals surface area contributed by atoms with E-state index in [1.807, 2.05) is 43.1 Å². The van der Waals surface area contributed by atoms with Crippen LogP contribution < -0.4 is 10.1 Å². The van der Waals surface area contributed by atoms with Gasteiger partial charge in [0.1, 0.15) is 11.8 Å². The van der Waals surface area contributed by atoms with Gasteiger partial charge in [0.05, 0.1) is 11.7 Å². The minimum absolute atomic E-state index is 0.0361. The predicted molar refractivity (Wildman–Crippen MR) is 144 cm³/mol. The molecule has 2 heterocycles. The smallest absolute Gasteiger partial charge is 0.321 e. The van der Waals surface area contributed by atoms with Crippen LogP contribution in [0.5, 0.6) is 5.75 Å². The lowest BCUT2D eigenvalue weighted by molar-refractivity contribution is 0.207. The molecule has 0 radical (unpaired) electrons. The Morgan fingerprint density at radius 1 is 1.26 bits per heavy atom. The van der Waals surface area contributed by atoms with Crippen molar-refractivity contribution in [1.29, 1.82) is 5.26 Å². The summed E-state index contributed by atoms with van der Waals surface area (Å²) in [6.07, 6.45) is 4.44. The Kier molecular flexibility index (Phi) is 7.16. The fraction of sp³-hybridized carbons (Fsp3) is 0.379. The lowest BCUT2D eigenvalue weighted by Gasteiger charge is -2.20. The number of amides is 2. The van der Waals surface area contributed by atoms with Crippen molar-refractivity contribution in [2.45, 2.75) is 45.3 Å². The van der Waals surface area contributed by atoms with E-state index in [4.69, 9.17) is 9.26 Å². The summed E-state index contributed by atoms with van der Waals surface area (Å²) < 4.78 is 11.3. The number of carbonyl (C=O) groups excluding carboxylic acids is 1. The van der Waals surface area contributed by atoms with Crippen molar-refractivity contribution in [3.63, 3.8) is 0 Å². The molecule has 2 amide bonds. The summed E-state index contributed by atoms with van der Waals surface area (Å²) >= 11 is 0. The third-order valence-corrected chi connectivity index (χ3v) is 7.09. The van der Waals surface area contributed by atoms with E-state index >= 15 is 0 Å². The van der Waals surface area contributed by atoms with Crippen molar-refractivity contribution in [3.05, 3.63) is 59.3 Å². The highest BCUT2D eigenvalue weighted by molar-refractivity contribution is 5.82. The maximum atomic E-state index is 12.7. The molecule has 5 rings (SSSR count). The van der Waals surface area contributed by atoms with Crippen LogP contribution in [0.3, 0.4) is 0 Å². The van der Waals surface area contributed by atoms with Gasteiger partial charge in [-0.2, -0.15) is 10.2 Å². The monoisotopic (exact) mass is 512 g/mol. The number of rotatable bonds is 6.